The third-order valence-corrected chi connectivity index (χ3v) is 6.99. The second-order valence-corrected chi connectivity index (χ2v) is 9.42. The van der Waals surface area contributed by atoms with Crippen molar-refractivity contribution < 1.29 is 31.9 Å². The number of furan rings is 1. The summed E-state index contributed by atoms with van der Waals surface area (Å²) in [5.41, 5.74) is -0.121. The predicted octanol–water partition coefficient (Wildman–Crippen LogP) is 1.28. The van der Waals surface area contributed by atoms with Gasteiger partial charge in [-0.1, -0.05) is 0 Å². The first-order valence-electron chi connectivity index (χ1n) is 9.14. The number of nitrogens with zero attached hydrogens (tertiary/aromatic N) is 3. The van der Waals surface area contributed by atoms with Gasteiger partial charge in [-0.3, -0.25) is 10.1 Å². The first-order chi connectivity index (χ1) is 14.0. The average molecular weight is 435 g/mol. The van der Waals surface area contributed by atoms with Crippen LogP contribution in [0.15, 0.2) is 39.7 Å². The zero-order valence-corrected chi connectivity index (χ0v) is 17.0. The van der Waals surface area contributed by atoms with Gasteiger partial charge >= 0.3 is 17.8 Å². The summed E-state index contributed by atoms with van der Waals surface area (Å²) in [6.07, 6.45) is 5.60. The molecular weight excluding hydrogens is 416 g/mol. The molecular formula is C18H19N4O7S+. The van der Waals surface area contributed by atoms with E-state index in [4.69, 9.17) is 4.42 Å². The van der Waals surface area contributed by atoms with Gasteiger partial charge in [-0.2, -0.15) is 14.3 Å². The van der Waals surface area contributed by atoms with E-state index in [1.165, 1.54) is 35.9 Å². The van der Waals surface area contributed by atoms with Crippen molar-refractivity contribution in [3.8, 4) is 0 Å². The maximum absolute atomic E-state index is 13.0. The van der Waals surface area contributed by atoms with E-state index in [0.717, 1.165) is 23.8 Å². The molecule has 1 aromatic rings. The standard InChI is InChI=1S/C18H19N4O7S/c1-18(7-8-18)19-30(27,28)12-4-5-14-13(9-12)16(23)21(17(24)20(14)2)10-11-3-6-15(29-11)22(25)26/h3-6,9,13,19H,7-8,10H2,1-2H3/q+1. The van der Waals surface area contributed by atoms with Crippen LogP contribution < -0.4 is 4.72 Å². The highest BCUT2D eigenvalue weighted by Crippen LogP contribution is 2.36. The number of nitrogens with one attached hydrogen (secondary N) is 1. The highest BCUT2D eigenvalue weighted by Gasteiger charge is 2.48. The van der Waals surface area contributed by atoms with Gasteiger partial charge < -0.3 is 4.42 Å². The Morgan fingerprint density at radius 1 is 1.33 bits per heavy atom. The summed E-state index contributed by atoms with van der Waals surface area (Å²) in [4.78, 5) is 36.6. The number of imide groups is 1. The summed E-state index contributed by atoms with van der Waals surface area (Å²) in [6.45, 7) is 1.49. The number of carbonyl (C=O) groups excluding carboxylic acids is 2. The number of rotatable bonds is 6. The molecule has 0 radical (unpaired) electrons. The molecule has 2 aliphatic carbocycles. The lowest BCUT2D eigenvalue weighted by Gasteiger charge is -2.26. The van der Waals surface area contributed by atoms with Gasteiger partial charge in [0.05, 0.1) is 18.0 Å². The van der Waals surface area contributed by atoms with Crippen molar-refractivity contribution >= 4 is 33.6 Å². The number of amides is 3. The van der Waals surface area contributed by atoms with Crippen LogP contribution in [0.3, 0.4) is 0 Å². The molecule has 4 rings (SSSR count). The molecule has 30 heavy (non-hydrogen) atoms. The van der Waals surface area contributed by atoms with Crippen LogP contribution in [-0.4, -0.2) is 53.1 Å². The minimum atomic E-state index is -3.82. The Morgan fingerprint density at radius 2 is 2.03 bits per heavy atom. The molecule has 0 bridgehead atoms. The lowest BCUT2D eigenvalue weighted by Crippen LogP contribution is -2.53. The van der Waals surface area contributed by atoms with E-state index in [1.807, 2.05) is 0 Å². The molecule has 0 spiro atoms. The van der Waals surface area contributed by atoms with Gasteiger partial charge in [-0.15, -0.1) is 0 Å². The van der Waals surface area contributed by atoms with Gasteiger partial charge in [0.15, 0.2) is 12.3 Å². The van der Waals surface area contributed by atoms with E-state index >= 15 is 0 Å². The van der Waals surface area contributed by atoms with Crippen molar-refractivity contribution in [2.75, 3.05) is 7.05 Å². The normalized spacial score (nSPS) is 22.8. The van der Waals surface area contributed by atoms with Gasteiger partial charge in [0.1, 0.15) is 16.6 Å². The van der Waals surface area contributed by atoms with E-state index in [2.05, 4.69) is 4.72 Å². The van der Waals surface area contributed by atoms with Crippen LogP contribution in [0.1, 0.15) is 25.5 Å². The van der Waals surface area contributed by atoms with Crippen molar-refractivity contribution in [2.24, 2.45) is 5.92 Å². The van der Waals surface area contributed by atoms with E-state index < -0.39 is 44.2 Å². The van der Waals surface area contributed by atoms with Crippen LogP contribution in [0.2, 0.25) is 0 Å². The Bertz CT molecular complexity index is 1170. The first-order valence-corrected chi connectivity index (χ1v) is 10.6. The van der Waals surface area contributed by atoms with Gasteiger partial charge in [0, 0.05) is 5.54 Å². The second kappa shape index (κ2) is 6.71. The van der Waals surface area contributed by atoms with E-state index in [0.29, 0.717) is 5.71 Å². The summed E-state index contributed by atoms with van der Waals surface area (Å²) < 4.78 is 34.3. The first kappa shape index (κ1) is 20.2. The zero-order valence-electron chi connectivity index (χ0n) is 16.2. The van der Waals surface area contributed by atoms with Crippen LogP contribution >= 0.6 is 0 Å². The summed E-state index contributed by atoms with van der Waals surface area (Å²) in [5, 5.41) is 10.8. The average Bonchev–Trinajstić information content (AvgIpc) is 3.21. The Kier molecular flexibility index (Phi) is 4.51. The summed E-state index contributed by atoms with van der Waals surface area (Å²) in [7, 11) is -2.35. The monoisotopic (exact) mass is 435 g/mol. The van der Waals surface area contributed by atoms with E-state index in [1.54, 1.807) is 6.92 Å². The predicted molar refractivity (Wildman–Crippen MR) is 103 cm³/mol. The molecule has 2 heterocycles. The number of hydrogen-bond acceptors (Lipinski definition) is 7. The van der Waals surface area contributed by atoms with Gasteiger partial charge in [-0.05, 0) is 44.1 Å². The minimum absolute atomic E-state index is 0.0472. The smallest absolute Gasteiger partial charge is 0.402 e. The van der Waals surface area contributed by atoms with Crippen LogP contribution in [0, 0.1) is 16.0 Å². The largest absolute Gasteiger partial charge is 0.501 e. The number of hydrogen-bond donors (Lipinski definition) is 1. The fraction of sp³-hybridized carbons (Fsp3) is 0.389. The number of sulfonamides is 1. The van der Waals surface area contributed by atoms with Crippen molar-refractivity contribution in [1.29, 1.82) is 0 Å². The third-order valence-electron chi connectivity index (χ3n) is 5.34. The number of urea groups is 1. The molecule has 1 fully saturated rings. The van der Waals surface area contributed by atoms with Crippen molar-refractivity contribution in [2.45, 2.75) is 31.8 Å². The SMILES string of the molecule is C[N+]1=C2C=CC(S(=O)(=O)NC3(C)CC3)=CC2C(=O)N(Cc2ccc([N+](=O)[O-])o2)C1=O. The van der Waals surface area contributed by atoms with Crippen molar-refractivity contribution in [3.63, 3.8) is 0 Å². The Hall–Kier alpha value is -3.12. The molecule has 11 nitrogen and oxygen atoms in total. The van der Waals surface area contributed by atoms with Gasteiger partial charge in [0.2, 0.25) is 10.0 Å². The molecule has 3 amide bonds. The number of fused-ring (bicyclic) bond motifs is 1. The molecule has 1 aromatic heterocycles. The van der Waals surface area contributed by atoms with Crippen molar-refractivity contribution in [3.05, 3.63) is 51.1 Å². The minimum Gasteiger partial charge on any atom is -0.402 e. The van der Waals surface area contributed by atoms with Crippen LogP contribution in [0.25, 0.3) is 0 Å². The maximum atomic E-state index is 13.0. The molecule has 1 N–H and O–H groups in total. The van der Waals surface area contributed by atoms with Gasteiger partial charge in [-0.25, -0.2) is 17.9 Å². The van der Waals surface area contributed by atoms with Crippen LogP contribution in [0.5, 0.6) is 0 Å². The zero-order chi connectivity index (χ0) is 21.8. The molecule has 1 atom stereocenters. The molecule has 1 saturated carbocycles. The Morgan fingerprint density at radius 3 is 2.63 bits per heavy atom. The van der Waals surface area contributed by atoms with E-state index in [9.17, 15) is 28.1 Å². The Balaban J connectivity index is 1.64. The lowest BCUT2D eigenvalue weighted by molar-refractivity contribution is -0.407. The fourth-order valence-corrected chi connectivity index (χ4v) is 4.88. The summed E-state index contributed by atoms with van der Waals surface area (Å²) >= 11 is 0. The molecule has 0 saturated heterocycles. The van der Waals surface area contributed by atoms with Gasteiger partial charge in [0.25, 0.3) is 0 Å². The number of carbonyl (C=O) groups is 2. The van der Waals surface area contributed by atoms with Crippen LogP contribution in [-0.2, 0) is 21.4 Å². The topological polar surface area (TPSA) is 143 Å². The maximum Gasteiger partial charge on any atom is 0.501 e. The van der Waals surface area contributed by atoms with E-state index in [-0.39, 0.29) is 17.2 Å². The third kappa shape index (κ3) is 3.48. The number of nitro groups is 1. The molecule has 158 valence electrons. The lowest BCUT2D eigenvalue weighted by atomic mass is 9.94. The summed E-state index contributed by atoms with van der Waals surface area (Å²) in [5.74, 6) is -2.06. The summed E-state index contributed by atoms with van der Waals surface area (Å²) in [6, 6.07) is 1.80. The number of allylic oxidation sites excluding steroid dienone is 2. The molecule has 1 unspecified atom stereocenters. The quantitative estimate of drug-likeness (QED) is 0.403. The second-order valence-electron chi connectivity index (χ2n) is 7.73. The van der Waals surface area contributed by atoms with Crippen LogP contribution in [0.4, 0.5) is 10.7 Å². The molecule has 0 aromatic carbocycles. The fourth-order valence-electron chi connectivity index (χ4n) is 3.35. The molecule has 1 aliphatic heterocycles. The molecule has 12 heteroatoms. The van der Waals surface area contributed by atoms with Crippen molar-refractivity contribution in [1.82, 2.24) is 9.62 Å². The Labute approximate surface area is 171 Å². The highest BCUT2D eigenvalue weighted by atomic mass is 32.2. The molecule has 3 aliphatic rings. The highest BCUT2D eigenvalue weighted by molar-refractivity contribution is 7.93.